The van der Waals surface area contributed by atoms with E-state index in [9.17, 15) is 29.1 Å². The topological polar surface area (TPSA) is 193 Å². The maximum absolute atomic E-state index is 13.7. The van der Waals surface area contributed by atoms with Crippen LogP contribution in [0.2, 0.25) is 0 Å². The predicted octanol–water partition coefficient (Wildman–Crippen LogP) is 2.74. The number of aliphatic carboxylic acids is 1. The van der Waals surface area contributed by atoms with Crippen molar-refractivity contribution in [2.45, 2.75) is 96.0 Å². The summed E-state index contributed by atoms with van der Waals surface area (Å²) in [6.45, 7) is 7.09. The van der Waals surface area contributed by atoms with Crippen LogP contribution < -0.4 is 21.7 Å². The van der Waals surface area contributed by atoms with Crippen LogP contribution in [0.15, 0.2) is 60.8 Å². The van der Waals surface area contributed by atoms with Crippen molar-refractivity contribution >= 4 is 40.6 Å². The summed E-state index contributed by atoms with van der Waals surface area (Å²) in [5.74, 6) is -4.17. The second-order valence-electron chi connectivity index (χ2n) is 12.3. The number of ether oxygens (including phenoxy) is 1. The molecule has 2 aromatic carbocycles. The first kappa shape index (κ1) is 35.8. The van der Waals surface area contributed by atoms with Crippen LogP contribution in [-0.4, -0.2) is 69.5 Å². The zero-order valence-corrected chi connectivity index (χ0v) is 26.8. The summed E-state index contributed by atoms with van der Waals surface area (Å²) in [7, 11) is 0. The largest absolute Gasteiger partial charge is 0.481 e. The number of carbonyl (C=O) groups is 5. The molecule has 7 N–H and O–H groups in total. The summed E-state index contributed by atoms with van der Waals surface area (Å²) in [6.07, 6.45) is 2.81. The van der Waals surface area contributed by atoms with Crippen LogP contribution in [0.4, 0.5) is 0 Å². The molecular weight excluding hydrogens is 590 g/mol. The molecule has 46 heavy (non-hydrogen) atoms. The zero-order chi connectivity index (χ0) is 33.9. The van der Waals surface area contributed by atoms with Crippen molar-refractivity contribution in [3.05, 3.63) is 71.9 Å². The number of carboxylic acids is 1. The molecule has 248 valence electrons. The number of rotatable bonds is 16. The molecule has 0 aliphatic rings. The van der Waals surface area contributed by atoms with Crippen LogP contribution in [0, 0.1) is 0 Å². The van der Waals surface area contributed by atoms with Crippen LogP contribution in [0.1, 0.15) is 64.5 Å². The first-order valence-electron chi connectivity index (χ1n) is 15.5. The molecule has 0 spiro atoms. The monoisotopic (exact) mass is 635 g/mol. The number of esters is 1. The van der Waals surface area contributed by atoms with E-state index in [2.05, 4.69) is 20.9 Å². The Morgan fingerprint density at radius 3 is 2.11 bits per heavy atom. The van der Waals surface area contributed by atoms with Gasteiger partial charge in [0.2, 0.25) is 17.7 Å². The van der Waals surface area contributed by atoms with E-state index in [4.69, 9.17) is 10.5 Å². The highest BCUT2D eigenvalue weighted by atomic mass is 16.6. The van der Waals surface area contributed by atoms with E-state index in [0.717, 1.165) is 22.0 Å². The Kier molecular flexibility index (Phi) is 12.9. The van der Waals surface area contributed by atoms with Crippen LogP contribution in [0.5, 0.6) is 0 Å². The first-order chi connectivity index (χ1) is 21.8. The number of carboxylic acid groups (broad SMARTS) is 1. The molecule has 0 unspecified atom stereocenters. The van der Waals surface area contributed by atoms with Crippen molar-refractivity contribution in [1.29, 1.82) is 0 Å². The molecule has 0 bridgehead atoms. The number of H-pyrrole nitrogens is 1. The first-order valence-corrected chi connectivity index (χ1v) is 15.5. The van der Waals surface area contributed by atoms with Gasteiger partial charge in [-0.2, -0.15) is 0 Å². The van der Waals surface area contributed by atoms with Gasteiger partial charge in [0.1, 0.15) is 23.7 Å². The van der Waals surface area contributed by atoms with Gasteiger partial charge in [0.15, 0.2) is 0 Å². The van der Waals surface area contributed by atoms with E-state index in [1.807, 2.05) is 37.3 Å². The van der Waals surface area contributed by atoms with Gasteiger partial charge in [-0.3, -0.25) is 19.2 Å². The Hall–Kier alpha value is -4.71. The smallest absolute Gasteiger partial charge is 0.329 e. The van der Waals surface area contributed by atoms with E-state index in [0.29, 0.717) is 12.8 Å². The molecule has 1 heterocycles. The van der Waals surface area contributed by atoms with Gasteiger partial charge in [0.25, 0.3) is 0 Å². The fourth-order valence-corrected chi connectivity index (χ4v) is 4.93. The summed E-state index contributed by atoms with van der Waals surface area (Å²) >= 11 is 0. The van der Waals surface area contributed by atoms with Gasteiger partial charge >= 0.3 is 11.9 Å². The lowest BCUT2D eigenvalue weighted by molar-refractivity contribution is -0.158. The number of benzene rings is 2. The maximum Gasteiger partial charge on any atom is 0.329 e. The van der Waals surface area contributed by atoms with Gasteiger partial charge in [0.05, 0.1) is 12.5 Å². The number of aromatic nitrogens is 1. The van der Waals surface area contributed by atoms with E-state index < -0.39 is 65.8 Å². The number of nitrogens with one attached hydrogen (secondary N) is 4. The summed E-state index contributed by atoms with van der Waals surface area (Å²) in [4.78, 5) is 68.0. The minimum Gasteiger partial charge on any atom is -0.481 e. The van der Waals surface area contributed by atoms with E-state index >= 15 is 0 Å². The van der Waals surface area contributed by atoms with Gasteiger partial charge in [-0.05, 0) is 50.8 Å². The standard InChI is InChI=1S/C34H45N5O7/c1-5-6-15-26(37-32(44)27(19-29(40)41)38-30(42)24(35)17-21-12-8-7-9-13-21)31(43)39-28(33(45)46-34(2,3)4)18-22-20-36-25-16-11-10-14-23(22)25/h7-14,16,20,24,26-28,36H,5-6,15,17-19,35H2,1-4H3,(H,37,44)(H,38,42)(H,39,43)(H,40,41)/t24-,26-,27-,28+/m0/s1. The molecule has 0 saturated carbocycles. The Balaban J connectivity index is 1.78. The molecule has 3 amide bonds. The van der Waals surface area contributed by atoms with Gasteiger partial charge in [-0.1, -0.05) is 68.3 Å². The number of hydrogen-bond donors (Lipinski definition) is 6. The average Bonchev–Trinajstić information content (AvgIpc) is 3.40. The molecule has 12 heteroatoms. The van der Waals surface area contributed by atoms with Crippen LogP contribution in [0.3, 0.4) is 0 Å². The number of hydrogen-bond acceptors (Lipinski definition) is 7. The highest BCUT2D eigenvalue weighted by Gasteiger charge is 2.33. The van der Waals surface area contributed by atoms with Crippen molar-refractivity contribution < 1.29 is 33.8 Å². The van der Waals surface area contributed by atoms with Gasteiger partial charge < -0.3 is 36.5 Å². The molecule has 0 aliphatic heterocycles. The van der Waals surface area contributed by atoms with Crippen molar-refractivity contribution in [2.75, 3.05) is 0 Å². The molecule has 12 nitrogen and oxygen atoms in total. The lowest BCUT2D eigenvalue weighted by Gasteiger charge is -2.27. The fraction of sp³-hybridized carbons (Fsp3) is 0.441. The number of fused-ring (bicyclic) bond motifs is 1. The molecular formula is C34H45N5O7. The highest BCUT2D eigenvalue weighted by Crippen LogP contribution is 2.20. The predicted molar refractivity (Wildman–Crippen MR) is 174 cm³/mol. The van der Waals surface area contributed by atoms with Crippen molar-refractivity contribution in [3.8, 4) is 0 Å². The second kappa shape index (κ2) is 16.6. The van der Waals surface area contributed by atoms with Crippen LogP contribution >= 0.6 is 0 Å². The Labute approximate surface area is 268 Å². The third-order valence-electron chi connectivity index (χ3n) is 7.23. The number of amides is 3. The number of aromatic amines is 1. The number of nitrogens with two attached hydrogens (primary N) is 1. The van der Waals surface area contributed by atoms with Crippen LogP contribution in [-0.2, 0) is 41.6 Å². The summed E-state index contributed by atoms with van der Waals surface area (Å²) < 4.78 is 5.62. The van der Waals surface area contributed by atoms with Gasteiger partial charge in [-0.25, -0.2) is 4.79 Å². The number of carbonyl (C=O) groups excluding carboxylic acids is 4. The molecule has 1 aromatic heterocycles. The normalized spacial score (nSPS) is 14.0. The quantitative estimate of drug-likeness (QED) is 0.129. The fourth-order valence-electron chi connectivity index (χ4n) is 4.93. The lowest BCUT2D eigenvalue weighted by Crippen LogP contribution is -2.58. The van der Waals surface area contributed by atoms with Crippen molar-refractivity contribution in [1.82, 2.24) is 20.9 Å². The van der Waals surface area contributed by atoms with E-state index in [-0.39, 0.29) is 19.3 Å². The SMILES string of the molecule is CCCC[C@H](NC(=O)[C@H](CC(=O)O)NC(=O)[C@@H](N)Cc1ccccc1)C(=O)N[C@H](Cc1c[nH]c2ccccc12)C(=O)OC(C)(C)C. The van der Waals surface area contributed by atoms with E-state index in [1.165, 1.54) is 0 Å². The molecule has 0 fully saturated rings. The second-order valence-corrected chi connectivity index (χ2v) is 12.3. The van der Waals surface area contributed by atoms with E-state index in [1.54, 1.807) is 51.2 Å². The third-order valence-corrected chi connectivity index (χ3v) is 7.23. The number of para-hydroxylation sites is 1. The third kappa shape index (κ3) is 11.0. The molecule has 3 rings (SSSR count). The summed E-state index contributed by atoms with van der Waals surface area (Å²) in [6, 6.07) is 11.9. The van der Waals surface area contributed by atoms with Crippen molar-refractivity contribution in [3.63, 3.8) is 0 Å². The molecule has 3 aromatic rings. The minimum atomic E-state index is -1.49. The highest BCUT2D eigenvalue weighted by molar-refractivity contribution is 5.96. The Bertz CT molecular complexity index is 1500. The molecule has 0 aliphatic carbocycles. The zero-order valence-electron chi connectivity index (χ0n) is 26.8. The molecule has 4 atom stereocenters. The Morgan fingerprint density at radius 2 is 1.46 bits per heavy atom. The van der Waals surface area contributed by atoms with Gasteiger partial charge in [-0.15, -0.1) is 0 Å². The minimum absolute atomic E-state index is 0.121. The molecule has 0 radical (unpaired) electrons. The summed E-state index contributed by atoms with van der Waals surface area (Å²) in [5.41, 5.74) is 7.70. The van der Waals surface area contributed by atoms with Crippen molar-refractivity contribution in [2.24, 2.45) is 5.73 Å². The molecule has 0 saturated heterocycles. The maximum atomic E-state index is 13.7. The Morgan fingerprint density at radius 1 is 0.848 bits per heavy atom. The lowest BCUT2D eigenvalue weighted by atomic mass is 10.0. The number of unbranched alkanes of at least 4 members (excludes halogenated alkanes) is 1. The average molecular weight is 636 g/mol. The van der Waals surface area contributed by atoms with Crippen LogP contribution in [0.25, 0.3) is 10.9 Å². The van der Waals surface area contributed by atoms with Gasteiger partial charge in [0, 0.05) is 23.5 Å². The summed E-state index contributed by atoms with van der Waals surface area (Å²) in [5, 5.41) is 18.2.